The zero-order chi connectivity index (χ0) is 12.4. The summed E-state index contributed by atoms with van der Waals surface area (Å²) in [6.07, 6.45) is 4.01. The second-order valence-electron chi connectivity index (χ2n) is 5.31. The van der Waals surface area contributed by atoms with Gasteiger partial charge in [0.25, 0.3) is 0 Å². The molecular weight excluding hydrogens is 212 g/mol. The van der Waals surface area contributed by atoms with Crippen molar-refractivity contribution in [2.24, 2.45) is 5.92 Å². The summed E-state index contributed by atoms with van der Waals surface area (Å²) < 4.78 is 0. The normalized spacial score (nSPS) is 17.9. The number of hydrogen-bond acceptors (Lipinski definition) is 4. The number of hydrogen-bond donors (Lipinski definition) is 2. The quantitative estimate of drug-likeness (QED) is 0.840. The number of nitrogen functional groups attached to an aromatic ring is 1. The van der Waals surface area contributed by atoms with E-state index in [0.29, 0.717) is 17.8 Å². The molecule has 1 atom stereocenters. The minimum atomic E-state index is 0.304. The van der Waals surface area contributed by atoms with Crippen molar-refractivity contribution in [3.63, 3.8) is 0 Å². The molecule has 1 saturated carbocycles. The maximum Gasteiger partial charge on any atom is 0.135 e. The summed E-state index contributed by atoms with van der Waals surface area (Å²) in [5, 5.41) is 3.45. The van der Waals surface area contributed by atoms with Crippen molar-refractivity contribution in [1.82, 2.24) is 9.97 Å². The van der Waals surface area contributed by atoms with E-state index in [1.54, 1.807) is 0 Å². The van der Waals surface area contributed by atoms with Crippen LogP contribution in [0.2, 0.25) is 0 Å². The summed E-state index contributed by atoms with van der Waals surface area (Å²) in [6, 6.07) is 2.29. The van der Waals surface area contributed by atoms with Crippen LogP contribution in [0, 0.1) is 5.92 Å². The van der Waals surface area contributed by atoms with Crippen LogP contribution in [0.1, 0.15) is 51.8 Å². The molecule has 0 aliphatic heterocycles. The smallest absolute Gasteiger partial charge is 0.135 e. The van der Waals surface area contributed by atoms with Crippen molar-refractivity contribution in [1.29, 1.82) is 0 Å². The molecule has 1 aromatic rings. The molecule has 0 amide bonds. The average Bonchev–Trinajstić information content (AvgIpc) is 2.13. The van der Waals surface area contributed by atoms with Crippen molar-refractivity contribution < 1.29 is 0 Å². The molecule has 1 aliphatic rings. The fourth-order valence-electron chi connectivity index (χ4n) is 2.11. The van der Waals surface area contributed by atoms with Crippen LogP contribution < -0.4 is 11.1 Å². The van der Waals surface area contributed by atoms with Crippen molar-refractivity contribution in [2.75, 3.05) is 11.1 Å². The van der Waals surface area contributed by atoms with Gasteiger partial charge in [-0.3, -0.25) is 0 Å². The van der Waals surface area contributed by atoms with Crippen LogP contribution in [-0.2, 0) is 0 Å². The highest BCUT2D eigenvalue weighted by atomic mass is 15.1. The van der Waals surface area contributed by atoms with Crippen LogP contribution in [0.15, 0.2) is 6.07 Å². The fourth-order valence-corrected chi connectivity index (χ4v) is 2.11. The van der Waals surface area contributed by atoms with Crippen molar-refractivity contribution in [3.8, 4) is 0 Å². The Balaban J connectivity index is 2.08. The molecule has 0 spiro atoms. The van der Waals surface area contributed by atoms with Gasteiger partial charge in [-0.05, 0) is 25.7 Å². The summed E-state index contributed by atoms with van der Waals surface area (Å²) in [5.74, 6) is 3.31. The van der Waals surface area contributed by atoms with Gasteiger partial charge < -0.3 is 11.1 Å². The van der Waals surface area contributed by atoms with E-state index in [1.807, 2.05) is 6.07 Å². The van der Waals surface area contributed by atoms with E-state index in [9.17, 15) is 0 Å². The van der Waals surface area contributed by atoms with Crippen LogP contribution >= 0.6 is 0 Å². The number of rotatable bonds is 4. The van der Waals surface area contributed by atoms with E-state index < -0.39 is 0 Å². The van der Waals surface area contributed by atoms with Gasteiger partial charge in [-0.1, -0.05) is 20.3 Å². The second-order valence-corrected chi connectivity index (χ2v) is 5.31. The van der Waals surface area contributed by atoms with Crippen LogP contribution in [0.3, 0.4) is 0 Å². The van der Waals surface area contributed by atoms with Crippen molar-refractivity contribution in [3.05, 3.63) is 11.9 Å². The third-order valence-corrected chi connectivity index (χ3v) is 3.51. The fraction of sp³-hybridized carbons (Fsp3) is 0.692. The minimum Gasteiger partial charge on any atom is -0.384 e. The molecule has 94 valence electrons. The molecule has 0 aromatic carbocycles. The standard InChI is InChI=1S/C13H22N4/c1-8(2)13-16-11(14)7-12(17-13)15-9(3)10-5-4-6-10/h7-10H,4-6H2,1-3H3,(H3,14,15,16,17). The zero-order valence-electron chi connectivity index (χ0n) is 10.9. The number of nitrogens with zero attached hydrogens (tertiary/aromatic N) is 2. The minimum absolute atomic E-state index is 0.304. The van der Waals surface area contributed by atoms with Crippen LogP contribution in [-0.4, -0.2) is 16.0 Å². The summed E-state index contributed by atoms with van der Waals surface area (Å²) in [6.45, 7) is 6.37. The van der Waals surface area contributed by atoms with E-state index in [2.05, 4.69) is 36.1 Å². The van der Waals surface area contributed by atoms with Gasteiger partial charge in [0.2, 0.25) is 0 Å². The highest BCUT2D eigenvalue weighted by molar-refractivity contribution is 5.45. The molecular formula is C13H22N4. The van der Waals surface area contributed by atoms with Gasteiger partial charge in [0, 0.05) is 18.0 Å². The highest BCUT2D eigenvalue weighted by Crippen LogP contribution is 2.31. The third kappa shape index (κ3) is 2.87. The molecule has 3 N–H and O–H groups in total. The first-order chi connectivity index (χ1) is 8.06. The van der Waals surface area contributed by atoms with Gasteiger partial charge in [-0.2, -0.15) is 0 Å². The van der Waals surface area contributed by atoms with Crippen LogP contribution in [0.5, 0.6) is 0 Å². The Morgan fingerprint density at radius 1 is 1.29 bits per heavy atom. The molecule has 4 nitrogen and oxygen atoms in total. The lowest BCUT2D eigenvalue weighted by atomic mass is 9.80. The number of nitrogens with two attached hydrogens (primary N) is 1. The topological polar surface area (TPSA) is 63.8 Å². The Bertz CT molecular complexity index is 385. The Kier molecular flexibility index (Phi) is 3.50. The predicted molar refractivity (Wildman–Crippen MR) is 71.0 cm³/mol. The van der Waals surface area contributed by atoms with Gasteiger partial charge >= 0.3 is 0 Å². The lowest BCUT2D eigenvalue weighted by Gasteiger charge is -2.32. The molecule has 4 heteroatoms. The lowest BCUT2D eigenvalue weighted by molar-refractivity contribution is 0.285. The second kappa shape index (κ2) is 4.90. The first-order valence-electron chi connectivity index (χ1n) is 6.47. The molecule has 2 rings (SSSR count). The van der Waals surface area contributed by atoms with E-state index in [-0.39, 0.29) is 0 Å². The molecule has 0 saturated heterocycles. The molecule has 1 aliphatic carbocycles. The van der Waals surface area contributed by atoms with Crippen molar-refractivity contribution in [2.45, 2.75) is 52.0 Å². The third-order valence-electron chi connectivity index (χ3n) is 3.51. The predicted octanol–water partition coefficient (Wildman–Crippen LogP) is 2.78. The van der Waals surface area contributed by atoms with Gasteiger partial charge in [-0.25, -0.2) is 9.97 Å². The van der Waals surface area contributed by atoms with E-state index >= 15 is 0 Å². The van der Waals surface area contributed by atoms with Crippen LogP contribution in [0.25, 0.3) is 0 Å². The lowest BCUT2D eigenvalue weighted by Crippen LogP contribution is -2.31. The Morgan fingerprint density at radius 3 is 2.53 bits per heavy atom. The van der Waals surface area contributed by atoms with E-state index in [1.165, 1.54) is 19.3 Å². The molecule has 0 radical (unpaired) electrons. The SMILES string of the molecule is CC(C)c1nc(N)cc(NC(C)C2CCC2)n1. The number of nitrogens with one attached hydrogen (secondary N) is 1. The molecule has 1 aromatic heterocycles. The molecule has 0 bridgehead atoms. The number of anilines is 2. The van der Waals surface area contributed by atoms with Gasteiger partial charge in [0.15, 0.2) is 0 Å². The first-order valence-corrected chi connectivity index (χ1v) is 6.47. The Labute approximate surface area is 103 Å². The molecule has 1 fully saturated rings. The van der Waals surface area contributed by atoms with Gasteiger partial charge in [0.1, 0.15) is 17.5 Å². The van der Waals surface area contributed by atoms with E-state index in [4.69, 9.17) is 5.73 Å². The summed E-state index contributed by atoms with van der Waals surface area (Å²) in [5.41, 5.74) is 5.80. The Morgan fingerprint density at radius 2 is 2.00 bits per heavy atom. The molecule has 1 heterocycles. The molecule has 1 unspecified atom stereocenters. The van der Waals surface area contributed by atoms with Crippen molar-refractivity contribution >= 4 is 11.6 Å². The largest absolute Gasteiger partial charge is 0.384 e. The summed E-state index contributed by atoms with van der Waals surface area (Å²) in [4.78, 5) is 8.76. The van der Waals surface area contributed by atoms with E-state index in [0.717, 1.165) is 17.6 Å². The average molecular weight is 234 g/mol. The first kappa shape index (κ1) is 12.1. The zero-order valence-corrected chi connectivity index (χ0v) is 10.9. The van der Waals surface area contributed by atoms with Gasteiger partial charge in [-0.15, -0.1) is 0 Å². The van der Waals surface area contributed by atoms with Gasteiger partial charge in [0.05, 0.1) is 0 Å². The maximum absolute atomic E-state index is 5.80. The highest BCUT2D eigenvalue weighted by Gasteiger charge is 2.24. The number of aromatic nitrogens is 2. The summed E-state index contributed by atoms with van der Waals surface area (Å²) in [7, 11) is 0. The monoisotopic (exact) mass is 234 g/mol. The van der Waals surface area contributed by atoms with Crippen LogP contribution in [0.4, 0.5) is 11.6 Å². The Hall–Kier alpha value is -1.32. The molecule has 17 heavy (non-hydrogen) atoms. The maximum atomic E-state index is 5.80. The summed E-state index contributed by atoms with van der Waals surface area (Å²) >= 11 is 0.